The minimum Gasteiger partial charge on any atom is -0.328 e. The van der Waals surface area contributed by atoms with Crippen molar-refractivity contribution in [3.8, 4) is 0 Å². The molecule has 1 heterocycles. The van der Waals surface area contributed by atoms with Crippen LogP contribution in [0.5, 0.6) is 0 Å². The van der Waals surface area contributed by atoms with Crippen LogP contribution < -0.4 is 5.32 Å². The summed E-state index contributed by atoms with van der Waals surface area (Å²) in [5, 5.41) is 3.13. The van der Waals surface area contributed by atoms with Crippen molar-refractivity contribution in [3.63, 3.8) is 0 Å². The predicted octanol–water partition coefficient (Wildman–Crippen LogP) is 2.52. The van der Waals surface area contributed by atoms with Crippen LogP contribution in [0.3, 0.4) is 0 Å². The van der Waals surface area contributed by atoms with E-state index in [0.717, 1.165) is 19.3 Å². The maximum absolute atomic E-state index is 12.1. The molecule has 0 spiro atoms. The number of imidazole rings is 1. The summed E-state index contributed by atoms with van der Waals surface area (Å²) in [6.07, 6.45) is 7.93. The van der Waals surface area contributed by atoms with Crippen molar-refractivity contribution in [1.29, 1.82) is 0 Å². The van der Waals surface area contributed by atoms with Gasteiger partial charge < -0.3 is 5.32 Å². The van der Waals surface area contributed by atoms with E-state index in [9.17, 15) is 4.79 Å². The fourth-order valence-corrected chi connectivity index (χ4v) is 2.42. The van der Waals surface area contributed by atoms with Crippen LogP contribution in [-0.2, 0) is 5.54 Å². The van der Waals surface area contributed by atoms with E-state index in [0.29, 0.717) is 0 Å². The Kier molecular flexibility index (Phi) is 2.63. The monoisotopic (exact) mass is 241 g/mol. The summed E-state index contributed by atoms with van der Waals surface area (Å²) in [4.78, 5) is 16.0. The highest BCUT2D eigenvalue weighted by atomic mass is 16.2. The van der Waals surface area contributed by atoms with Crippen LogP contribution in [0, 0.1) is 0 Å². The van der Waals surface area contributed by atoms with E-state index in [1.165, 1.54) is 16.5 Å². The molecule has 1 N–H and O–H groups in total. The molecule has 4 heteroatoms. The highest BCUT2D eigenvalue weighted by molar-refractivity contribution is 5.77. The van der Waals surface area contributed by atoms with Gasteiger partial charge in [0.2, 0.25) is 0 Å². The molecule has 1 aliphatic rings. The smallest absolute Gasteiger partial charge is 0.327 e. The molecule has 18 heavy (non-hydrogen) atoms. The topological polar surface area (TPSA) is 46.9 Å². The Morgan fingerprint density at radius 2 is 2.06 bits per heavy atom. The molecular weight excluding hydrogens is 226 g/mol. The molecule has 1 fully saturated rings. The highest BCUT2D eigenvalue weighted by Crippen LogP contribution is 2.41. The lowest BCUT2D eigenvalue weighted by Crippen LogP contribution is -2.51. The standard InChI is InChI=1S/C14H15N3O/c18-13(17-10-9-15-11-17)16-14(7-4-8-14)12-5-2-1-3-6-12/h1-3,5-6,9-11H,4,7-8H2,(H,16,18). The predicted molar refractivity (Wildman–Crippen MR) is 68.1 cm³/mol. The van der Waals surface area contributed by atoms with Crippen molar-refractivity contribution >= 4 is 6.03 Å². The maximum Gasteiger partial charge on any atom is 0.327 e. The van der Waals surface area contributed by atoms with Gasteiger partial charge in [-0.15, -0.1) is 0 Å². The van der Waals surface area contributed by atoms with Crippen molar-refractivity contribution in [2.75, 3.05) is 0 Å². The van der Waals surface area contributed by atoms with Crippen molar-refractivity contribution in [1.82, 2.24) is 14.9 Å². The molecule has 0 atom stereocenters. The second-order valence-electron chi connectivity index (χ2n) is 4.70. The fraction of sp³-hybridized carbons (Fsp3) is 0.286. The van der Waals surface area contributed by atoms with E-state index in [1.807, 2.05) is 18.2 Å². The number of hydrogen-bond acceptors (Lipinski definition) is 2. The van der Waals surface area contributed by atoms with Crippen LogP contribution in [0.2, 0.25) is 0 Å². The highest BCUT2D eigenvalue weighted by Gasteiger charge is 2.40. The Hall–Kier alpha value is -2.10. The number of aromatic nitrogens is 2. The molecular formula is C14H15N3O. The Balaban J connectivity index is 1.83. The number of hydrogen-bond donors (Lipinski definition) is 1. The summed E-state index contributed by atoms with van der Waals surface area (Å²) in [6.45, 7) is 0. The SMILES string of the molecule is O=C(NC1(c2ccccc2)CCC1)n1ccnc1. The molecule has 0 aliphatic heterocycles. The van der Waals surface area contributed by atoms with Gasteiger partial charge >= 0.3 is 6.03 Å². The van der Waals surface area contributed by atoms with Gasteiger partial charge in [0.15, 0.2) is 0 Å². The zero-order chi connectivity index (χ0) is 12.4. The molecule has 0 bridgehead atoms. The summed E-state index contributed by atoms with van der Waals surface area (Å²) in [6, 6.07) is 10.1. The minimum absolute atomic E-state index is 0.115. The Morgan fingerprint density at radius 3 is 2.61 bits per heavy atom. The summed E-state index contributed by atoms with van der Waals surface area (Å²) >= 11 is 0. The molecule has 92 valence electrons. The first-order valence-corrected chi connectivity index (χ1v) is 6.16. The van der Waals surface area contributed by atoms with Gasteiger partial charge in [-0.2, -0.15) is 0 Å². The van der Waals surface area contributed by atoms with Gasteiger partial charge in [-0.3, -0.25) is 4.57 Å². The van der Waals surface area contributed by atoms with Gasteiger partial charge in [-0.1, -0.05) is 30.3 Å². The van der Waals surface area contributed by atoms with E-state index >= 15 is 0 Å². The first kappa shape index (κ1) is 11.0. The summed E-state index contributed by atoms with van der Waals surface area (Å²) in [5.74, 6) is 0. The lowest BCUT2D eigenvalue weighted by Gasteiger charge is -2.43. The van der Waals surface area contributed by atoms with E-state index in [1.54, 1.807) is 12.4 Å². The zero-order valence-electron chi connectivity index (χ0n) is 10.0. The van der Waals surface area contributed by atoms with E-state index in [-0.39, 0.29) is 11.6 Å². The Labute approximate surface area is 106 Å². The molecule has 1 aromatic heterocycles. The normalized spacial score (nSPS) is 16.9. The van der Waals surface area contributed by atoms with E-state index < -0.39 is 0 Å². The average molecular weight is 241 g/mol. The maximum atomic E-state index is 12.1. The Bertz CT molecular complexity index is 529. The van der Waals surface area contributed by atoms with Crippen LogP contribution in [0.1, 0.15) is 24.8 Å². The summed E-state index contributed by atoms with van der Waals surface area (Å²) in [5.41, 5.74) is 0.993. The third kappa shape index (κ3) is 1.79. The van der Waals surface area contributed by atoms with Gasteiger partial charge in [0, 0.05) is 12.4 Å². The van der Waals surface area contributed by atoms with E-state index in [2.05, 4.69) is 22.4 Å². The van der Waals surface area contributed by atoms with Crippen molar-refractivity contribution < 1.29 is 4.79 Å². The molecule has 0 radical (unpaired) electrons. The van der Waals surface area contributed by atoms with Crippen molar-refractivity contribution in [3.05, 3.63) is 54.6 Å². The van der Waals surface area contributed by atoms with Gasteiger partial charge in [0.05, 0.1) is 5.54 Å². The molecule has 0 saturated heterocycles. The van der Waals surface area contributed by atoms with Gasteiger partial charge in [0.25, 0.3) is 0 Å². The first-order chi connectivity index (χ1) is 8.80. The molecule has 2 aromatic rings. The van der Waals surface area contributed by atoms with Crippen molar-refractivity contribution in [2.45, 2.75) is 24.8 Å². The molecule has 1 amide bonds. The number of nitrogens with zero attached hydrogens (tertiary/aromatic N) is 2. The van der Waals surface area contributed by atoms with Crippen LogP contribution >= 0.6 is 0 Å². The number of carbonyl (C=O) groups is 1. The number of amides is 1. The molecule has 4 nitrogen and oxygen atoms in total. The van der Waals surface area contributed by atoms with Crippen molar-refractivity contribution in [2.24, 2.45) is 0 Å². The second kappa shape index (κ2) is 4.29. The summed E-state index contributed by atoms with van der Waals surface area (Å²) in [7, 11) is 0. The second-order valence-corrected chi connectivity index (χ2v) is 4.70. The molecule has 1 aromatic carbocycles. The van der Waals surface area contributed by atoms with Gasteiger partial charge in [-0.05, 0) is 24.8 Å². The number of benzene rings is 1. The lowest BCUT2D eigenvalue weighted by atomic mass is 9.72. The molecule has 1 saturated carbocycles. The number of nitrogens with one attached hydrogen (secondary N) is 1. The molecule has 3 rings (SSSR count). The molecule has 1 aliphatic carbocycles. The lowest BCUT2D eigenvalue weighted by molar-refractivity contribution is 0.178. The van der Waals surface area contributed by atoms with E-state index in [4.69, 9.17) is 0 Å². The number of carbonyl (C=O) groups excluding carboxylic acids is 1. The minimum atomic E-state index is -0.192. The third-order valence-corrected chi connectivity index (χ3v) is 3.62. The van der Waals surface area contributed by atoms with Crippen LogP contribution in [0.15, 0.2) is 49.1 Å². The largest absolute Gasteiger partial charge is 0.328 e. The number of rotatable bonds is 2. The van der Waals surface area contributed by atoms with Gasteiger partial charge in [0.1, 0.15) is 6.33 Å². The first-order valence-electron chi connectivity index (χ1n) is 6.16. The van der Waals surface area contributed by atoms with Crippen LogP contribution in [-0.4, -0.2) is 15.6 Å². The zero-order valence-corrected chi connectivity index (χ0v) is 10.0. The average Bonchev–Trinajstić information content (AvgIpc) is 2.88. The quantitative estimate of drug-likeness (QED) is 0.878. The Morgan fingerprint density at radius 1 is 1.28 bits per heavy atom. The summed E-state index contributed by atoms with van der Waals surface area (Å²) < 4.78 is 1.48. The molecule has 0 unspecified atom stereocenters. The van der Waals surface area contributed by atoms with Crippen LogP contribution in [0.4, 0.5) is 4.79 Å². The fourth-order valence-electron chi connectivity index (χ4n) is 2.42. The third-order valence-electron chi connectivity index (χ3n) is 3.62. The van der Waals surface area contributed by atoms with Crippen LogP contribution in [0.25, 0.3) is 0 Å². The van der Waals surface area contributed by atoms with Gasteiger partial charge in [-0.25, -0.2) is 9.78 Å².